The van der Waals surface area contributed by atoms with E-state index in [1.165, 1.54) is 11.3 Å². The monoisotopic (exact) mass is 345 g/mol. The highest BCUT2D eigenvalue weighted by molar-refractivity contribution is 7.13. The van der Waals surface area contributed by atoms with Crippen LogP contribution in [0.4, 0.5) is 5.13 Å². The van der Waals surface area contributed by atoms with Gasteiger partial charge in [0, 0.05) is 29.8 Å². The van der Waals surface area contributed by atoms with Gasteiger partial charge in [-0.2, -0.15) is 5.10 Å². The van der Waals surface area contributed by atoms with Crippen LogP contribution in [0.2, 0.25) is 0 Å². The number of anilines is 1. The summed E-state index contributed by atoms with van der Waals surface area (Å²) >= 11 is 1.39. The van der Waals surface area contributed by atoms with Gasteiger partial charge in [-0.1, -0.05) is 0 Å². The van der Waals surface area contributed by atoms with E-state index in [4.69, 9.17) is 0 Å². The van der Waals surface area contributed by atoms with Crippen LogP contribution in [0.25, 0.3) is 11.0 Å². The predicted octanol–water partition coefficient (Wildman–Crippen LogP) is 2.21. The number of carbonyl (C=O) groups excluding carboxylic acids is 1. The number of nitrogens with zero attached hydrogens (tertiary/aromatic N) is 3. The molecule has 3 rings (SSSR count). The van der Waals surface area contributed by atoms with Crippen LogP contribution < -0.4 is 10.9 Å². The molecule has 0 aliphatic carbocycles. The molecule has 0 unspecified atom stereocenters. The topological polar surface area (TPSA) is 92.7 Å². The van der Waals surface area contributed by atoms with E-state index in [1.807, 2.05) is 26.2 Å². The van der Waals surface area contributed by atoms with E-state index in [9.17, 15) is 9.59 Å². The van der Waals surface area contributed by atoms with Gasteiger partial charge in [-0.25, -0.2) is 4.98 Å². The minimum Gasteiger partial charge on any atom is -0.307 e. The number of hydrogen-bond acceptors (Lipinski definition) is 5. The SMILES string of the molecule is Cc1csc(NC(=O)CCc2c(C)c3c(C)nn(C)c3[nH]c2=O)n1. The zero-order valence-corrected chi connectivity index (χ0v) is 14.9. The molecule has 0 spiro atoms. The number of pyridine rings is 1. The molecule has 1 amide bonds. The van der Waals surface area contributed by atoms with Crippen LogP contribution in [0.1, 0.15) is 28.9 Å². The summed E-state index contributed by atoms with van der Waals surface area (Å²) in [5, 5.41) is 10.5. The largest absolute Gasteiger partial charge is 0.307 e. The van der Waals surface area contributed by atoms with Gasteiger partial charge in [0.25, 0.3) is 5.56 Å². The summed E-state index contributed by atoms with van der Waals surface area (Å²) in [6, 6.07) is 0. The minimum atomic E-state index is -0.166. The first-order valence-electron chi connectivity index (χ1n) is 7.64. The zero-order valence-electron chi connectivity index (χ0n) is 14.1. The smallest absolute Gasteiger partial charge is 0.253 e. The fourth-order valence-electron chi connectivity index (χ4n) is 2.89. The Hall–Kier alpha value is -2.48. The highest BCUT2D eigenvalue weighted by atomic mass is 32.1. The quantitative estimate of drug-likeness (QED) is 0.758. The number of H-pyrrole nitrogens is 1. The highest BCUT2D eigenvalue weighted by Gasteiger charge is 2.16. The second-order valence-corrected chi connectivity index (χ2v) is 6.69. The maximum absolute atomic E-state index is 12.4. The fraction of sp³-hybridized carbons (Fsp3) is 0.375. The molecule has 3 heterocycles. The fourth-order valence-corrected chi connectivity index (χ4v) is 3.59. The number of hydrogen-bond donors (Lipinski definition) is 2. The van der Waals surface area contributed by atoms with Crippen LogP contribution >= 0.6 is 11.3 Å². The van der Waals surface area contributed by atoms with Crippen molar-refractivity contribution in [3.63, 3.8) is 0 Å². The van der Waals surface area contributed by atoms with Crippen LogP contribution in [0, 0.1) is 20.8 Å². The van der Waals surface area contributed by atoms with Gasteiger partial charge >= 0.3 is 0 Å². The van der Waals surface area contributed by atoms with Gasteiger partial charge in [-0.05, 0) is 32.8 Å². The summed E-state index contributed by atoms with van der Waals surface area (Å²) in [6.07, 6.45) is 0.606. The van der Waals surface area contributed by atoms with E-state index < -0.39 is 0 Å². The van der Waals surface area contributed by atoms with E-state index in [-0.39, 0.29) is 17.9 Å². The third-order valence-corrected chi connectivity index (χ3v) is 4.90. The molecular weight excluding hydrogens is 326 g/mol. The van der Waals surface area contributed by atoms with E-state index in [0.717, 1.165) is 22.3 Å². The number of aromatic nitrogens is 4. The molecule has 0 fully saturated rings. The van der Waals surface area contributed by atoms with Gasteiger partial charge in [0.2, 0.25) is 5.91 Å². The molecule has 24 heavy (non-hydrogen) atoms. The van der Waals surface area contributed by atoms with Crippen molar-refractivity contribution in [2.45, 2.75) is 33.6 Å². The molecule has 0 aliphatic rings. The maximum atomic E-state index is 12.4. The van der Waals surface area contributed by atoms with Crippen LogP contribution in [-0.2, 0) is 18.3 Å². The van der Waals surface area contributed by atoms with Crippen molar-refractivity contribution in [3.05, 3.63) is 38.2 Å². The van der Waals surface area contributed by atoms with Gasteiger partial charge < -0.3 is 10.3 Å². The first-order valence-corrected chi connectivity index (χ1v) is 8.52. The summed E-state index contributed by atoms with van der Waals surface area (Å²) in [7, 11) is 1.80. The Morgan fingerprint density at radius 1 is 1.38 bits per heavy atom. The lowest BCUT2D eigenvalue weighted by Gasteiger charge is -2.07. The normalized spacial score (nSPS) is 11.2. The lowest BCUT2D eigenvalue weighted by atomic mass is 10.0. The van der Waals surface area contributed by atoms with Gasteiger partial charge in [-0.3, -0.25) is 14.3 Å². The van der Waals surface area contributed by atoms with Crippen LogP contribution in [0.5, 0.6) is 0 Å². The van der Waals surface area contributed by atoms with Crippen LogP contribution in [0.15, 0.2) is 10.2 Å². The molecule has 0 aromatic carbocycles. The molecule has 126 valence electrons. The van der Waals surface area contributed by atoms with E-state index in [1.54, 1.807) is 11.7 Å². The average Bonchev–Trinajstić information content (AvgIpc) is 3.02. The summed E-state index contributed by atoms with van der Waals surface area (Å²) in [5.41, 5.74) is 3.80. The molecule has 3 aromatic rings. The maximum Gasteiger partial charge on any atom is 0.253 e. The predicted molar refractivity (Wildman–Crippen MR) is 94.6 cm³/mol. The number of amides is 1. The molecule has 0 saturated carbocycles. The van der Waals surface area contributed by atoms with Gasteiger partial charge in [0.05, 0.1) is 11.4 Å². The lowest BCUT2D eigenvalue weighted by molar-refractivity contribution is -0.116. The van der Waals surface area contributed by atoms with Crippen molar-refractivity contribution >= 4 is 33.4 Å². The second kappa shape index (κ2) is 6.20. The molecule has 0 radical (unpaired) electrons. The molecule has 2 N–H and O–H groups in total. The molecule has 0 bridgehead atoms. The molecule has 8 heteroatoms. The van der Waals surface area contributed by atoms with Crippen molar-refractivity contribution in [1.82, 2.24) is 19.7 Å². The van der Waals surface area contributed by atoms with Gasteiger partial charge in [0.15, 0.2) is 5.13 Å². The molecule has 0 aliphatic heterocycles. The summed E-state index contributed by atoms with van der Waals surface area (Å²) in [6.45, 7) is 5.69. The van der Waals surface area contributed by atoms with Crippen molar-refractivity contribution in [2.24, 2.45) is 7.05 Å². The first-order chi connectivity index (χ1) is 11.4. The van der Waals surface area contributed by atoms with E-state index >= 15 is 0 Å². The van der Waals surface area contributed by atoms with Crippen molar-refractivity contribution in [2.75, 3.05) is 5.32 Å². The number of rotatable bonds is 4. The third-order valence-electron chi connectivity index (χ3n) is 4.02. The van der Waals surface area contributed by atoms with Crippen LogP contribution in [0.3, 0.4) is 0 Å². The number of fused-ring (bicyclic) bond motifs is 1. The number of carbonyl (C=O) groups is 1. The first kappa shape index (κ1) is 16.4. The van der Waals surface area contributed by atoms with E-state index in [2.05, 4.69) is 20.4 Å². The number of aromatic amines is 1. The second-order valence-electron chi connectivity index (χ2n) is 5.83. The number of nitrogens with one attached hydrogen (secondary N) is 2. The van der Waals surface area contributed by atoms with E-state index in [0.29, 0.717) is 22.8 Å². The summed E-state index contributed by atoms with van der Waals surface area (Å²) in [4.78, 5) is 31.5. The molecule has 0 atom stereocenters. The number of thiazole rings is 1. The average molecular weight is 345 g/mol. The van der Waals surface area contributed by atoms with Gasteiger partial charge in [0.1, 0.15) is 5.65 Å². The minimum absolute atomic E-state index is 0.147. The standard InChI is InChI=1S/C16H19N5O2S/c1-8-7-24-16(17-8)18-12(22)6-5-11-9(2)13-10(3)20-21(4)14(13)19-15(11)23/h7H,5-6H2,1-4H3,(H,19,23)(H,17,18,22). The lowest BCUT2D eigenvalue weighted by Crippen LogP contribution is -2.19. The molecule has 3 aromatic heterocycles. The Morgan fingerprint density at radius 3 is 2.79 bits per heavy atom. The Kier molecular flexibility index (Phi) is 4.23. The Balaban J connectivity index is 1.81. The molecular formula is C16H19N5O2S. The van der Waals surface area contributed by atoms with Crippen molar-refractivity contribution in [1.29, 1.82) is 0 Å². The Labute approximate surface area is 142 Å². The molecule has 7 nitrogen and oxygen atoms in total. The number of aryl methyl sites for hydroxylation is 4. The Bertz CT molecular complexity index is 982. The van der Waals surface area contributed by atoms with Crippen molar-refractivity contribution < 1.29 is 4.79 Å². The Morgan fingerprint density at radius 2 is 2.12 bits per heavy atom. The molecule has 0 saturated heterocycles. The van der Waals surface area contributed by atoms with Gasteiger partial charge in [-0.15, -0.1) is 11.3 Å². The zero-order chi connectivity index (χ0) is 17.4. The van der Waals surface area contributed by atoms with Crippen molar-refractivity contribution in [3.8, 4) is 0 Å². The van der Waals surface area contributed by atoms with Crippen LogP contribution in [-0.4, -0.2) is 25.7 Å². The summed E-state index contributed by atoms with van der Waals surface area (Å²) < 4.78 is 1.67. The summed E-state index contributed by atoms with van der Waals surface area (Å²) in [5.74, 6) is -0.147. The highest BCUT2D eigenvalue weighted by Crippen LogP contribution is 2.21. The third kappa shape index (κ3) is 2.96.